The van der Waals surface area contributed by atoms with E-state index in [1.807, 2.05) is 0 Å². The van der Waals surface area contributed by atoms with Gasteiger partial charge in [-0.1, -0.05) is 15.9 Å². The van der Waals surface area contributed by atoms with Crippen LogP contribution in [-0.4, -0.2) is 28.0 Å². The number of alkyl halides is 3. The van der Waals surface area contributed by atoms with Gasteiger partial charge in [0, 0.05) is 22.3 Å². The predicted octanol–water partition coefficient (Wildman–Crippen LogP) is 6.41. The maximum atomic E-state index is 13.2. The average Bonchev–Trinajstić information content (AvgIpc) is 2.74. The molecule has 1 amide bonds. The van der Waals surface area contributed by atoms with Crippen LogP contribution in [0.5, 0.6) is 11.6 Å². The summed E-state index contributed by atoms with van der Waals surface area (Å²) < 4.78 is 45.7. The third kappa shape index (κ3) is 5.51. The molecule has 33 heavy (non-hydrogen) atoms. The highest BCUT2D eigenvalue weighted by atomic mass is 79.9. The molecule has 0 saturated heterocycles. The van der Waals surface area contributed by atoms with Crippen molar-refractivity contribution in [1.82, 2.24) is 4.98 Å². The quantitative estimate of drug-likeness (QED) is 0.404. The van der Waals surface area contributed by atoms with E-state index >= 15 is 0 Å². The van der Waals surface area contributed by atoms with E-state index in [1.165, 1.54) is 17.0 Å². The van der Waals surface area contributed by atoms with Crippen LogP contribution in [0.1, 0.15) is 40.1 Å². The molecule has 0 atom stereocenters. The molecule has 1 heterocycles. The number of rotatable bonds is 6. The van der Waals surface area contributed by atoms with Crippen molar-refractivity contribution in [2.24, 2.45) is 0 Å². The molecular formula is C23H18BrF3N2O4. The third-order valence-electron chi connectivity index (χ3n) is 4.58. The van der Waals surface area contributed by atoms with Gasteiger partial charge in [-0.05, 0) is 68.4 Å². The minimum atomic E-state index is -4.70. The van der Waals surface area contributed by atoms with E-state index in [9.17, 15) is 27.9 Å². The van der Waals surface area contributed by atoms with Crippen LogP contribution < -0.4 is 9.64 Å². The SMILES string of the molecule is CC(C)N(C(=O)c1ccc(Br)cc1)c1ccc(Oc2ncccc2C(F)(F)F)cc1C(=O)O. The Morgan fingerprint density at radius 3 is 2.33 bits per heavy atom. The highest BCUT2D eigenvalue weighted by Crippen LogP contribution is 2.37. The number of carboxylic acids is 1. The van der Waals surface area contributed by atoms with Gasteiger partial charge in [-0.3, -0.25) is 4.79 Å². The first kappa shape index (κ1) is 24.2. The molecule has 0 aliphatic rings. The van der Waals surface area contributed by atoms with Gasteiger partial charge in [-0.2, -0.15) is 13.2 Å². The van der Waals surface area contributed by atoms with Crippen LogP contribution in [-0.2, 0) is 6.18 Å². The molecule has 0 aliphatic carbocycles. The number of hydrogen-bond acceptors (Lipinski definition) is 4. The summed E-state index contributed by atoms with van der Waals surface area (Å²) in [7, 11) is 0. The lowest BCUT2D eigenvalue weighted by atomic mass is 10.1. The Labute approximate surface area is 195 Å². The van der Waals surface area contributed by atoms with Crippen LogP contribution in [0.4, 0.5) is 18.9 Å². The number of halogens is 4. The molecule has 0 spiro atoms. The lowest BCUT2D eigenvalue weighted by molar-refractivity contribution is -0.138. The number of aromatic carboxylic acids is 1. The summed E-state index contributed by atoms with van der Waals surface area (Å²) in [5, 5.41) is 9.76. The molecule has 0 saturated carbocycles. The summed E-state index contributed by atoms with van der Waals surface area (Å²) in [4.78, 5) is 30.1. The van der Waals surface area contributed by atoms with Gasteiger partial charge in [-0.25, -0.2) is 9.78 Å². The number of nitrogens with zero attached hydrogens (tertiary/aromatic N) is 2. The number of carbonyl (C=O) groups excluding carboxylic acids is 1. The summed E-state index contributed by atoms with van der Waals surface area (Å²) in [5.41, 5.74) is -0.988. The molecule has 10 heteroatoms. The Kier molecular flexibility index (Phi) is 7.06. The molecule has 0 bridgehead atoms. The van der Waals surface area contributed by atoms with Crippen LogP contribution >= 0.6 is 15.9 Å². The van der Waals surface area contributed by atoms with Crippen LogP contribution in [0.15, 0.2) is 65.3 Å². The molecule has 0 fully saturated rings. The Morgan fingerprint density at radius 1 is 1.09 bits per heavy atom. The van der Waals surface area contributed by atoms with E-state index in [4.69, 9.17) is 4.74 Å². The Hall–Kier alpha value is -3.40. The predicted molar refractivity (Wildman–Crippen MR) is 119 cm³/mol. The van der Waals surface area contributed by atoms with Gasteiger partial charge < -0.3 is 14.7 Å². The van der Waals surface area contributed by atoms with E-state index in [0.717, 1.165) is 28.9 Å². The number of pyridine rings is 1. The molecule has 2 aromatic carbocycles. The maximum absolute atomic E-state index is 13.2. The van der Waals surface area contributed by atoms with E-state index in [0.29, 0.717) is 5.56 Å². The fourth-order valence-corrected chi connectivity index (χ4v) is 3.38. The maximum Gasteiger partial charge on any atom is 0.421 e. The summed E-state index contributed by atoms with van der Waals surface area (Å²) >= 11 is 3.30. The largest absolute Gasteiger partial charge is 0.478 e. The summed E-state index contributed by atoms with van der Waals surface area (Å²) in [6.07, 6.45) is -3.57. The van der Waals surface area contributed by atoms with Crippen LogP contribution in [0.2, 0.25) is 0 Å². The Balaban J connectivity index is 2.03. The second kappa shape index (κ2) is 9.62. The number of amides is 1. The molecule has 3 aromatic rings. The van der Waals surface area contributed by atoms with Crippen molar-refractivity contribution < 1.29 is 32.6 Å². The molecule has 172 valence electrons. The molecule has 0 radical (unpaired) electrons. The minimum absolute atomic E-state index is 0.0786. The average molecular weight is 523 g/mol. The van der Waals surface area contributed by atoms with E-state index in [1.54, 1.807) is 38.1 Å². The van der Waals surface area contributed by atoms with Crippen molar-refractivity contribution in [2.45, 2.75) is 26.1 Å². The minimum Gasteiger partial charge on any atom is -0.478 e. The van der Waals surface area contributed by atoms with Gasteiger partial charge in [0.15, 0.2) is 0 Å². The van der Waals surface area contributed by atoms with Gasteiger partial charge in [-0.15, -0.1) is 0 Å². The number of benzene rings is 2. The first-order chi connectivity index (χ1) is 15.5. The van der Waals surface area contributed by atoms with Crippen molar-refractivity contribution in [1.29, 1.82) is 0 Å². The second-order valence-corrected chi connectivity index (χ2v) is 8.13. The molecule has 1 N–H and O–H groups in total. The zero-order chi connectivity index (χ0) is 24.3. The van der Waals surface area contributed by atoms with Gasteiger partial charge in [0.2, 0.25) is 5.88 Å². The lowest BCUT2D eigenvalue weighted by Crippen LogP contribution is -2.38. The van der Waals surface area contributed by atoms with Crippen LogP contribution in [0.3, 0.4) is 0 Å². The van der Waals surface area contributed by atoms with Crippen LogP contribution in [0, 0.1) is 0 Å². The number of anilines is 1. The van der Waals surface area contributed by atoms with E-state index in [-0.39, 0.29) is 17.0 Å². The monoisotopic (exact) mass is 522 g/mol. The Bertz CT molecular complexity index is 1180. The fourth-order valence-electron chi connectivity index (χ4n) is 3.11. The Morgan fingerprint density at radius 2 is 1.76 bits per heavy atom. The van der Waals surface area contributed by atoms with Crippen molar-refractivity contribution in [3.8, 4) is 11.6 Å². The van der Waals surface area contributed by atoms with Gasteiger partial charge in [0.25, 0.3) is 5.91 Å². The van der Waals surface area contributed by atoms with E-state index < -0.39 is 35.5 Å². The van der Waals surface area contributed by atoms with Crippen LogP contribution in [0.25, 0.3) is 0 Å². The standard InChI is InChI=1S/C23H18BrF3N2O4/c1-13(2)29(21(30)14-5-7-15(24)8-6-14)19-10-9-16(12-17(19)22(31)32)33-20-18(23(25,26)27)4-3-11-28-20/h3-13H,1-2H3,(H,31,32). The van der Waals surface area contributed by atoms with E-state index in [2.05, 4.69) is 20.9 Å². The fraction of sp³-hybridized carbons (Fsp3) is 0.174. The highest BCUT2D eigenvalue weighted by Gasteiger charge is 2.35. The molecule has 0 aliphatic heterocycles. The number of hydrogen-bond donors (Lipinski definition) is 1. The molecular weight excluding hydrogens is 505 g/mol. The molecule has 0 unspecified atom stereocenters. The van der Waals surface area contributed by atoms with Gasteiger partial charge in [0.1, 0.15) is 11.3 Å². The molecule has 1 aromatic heterocycles. The normalized spacial score (nSPS) is 11.4. The van der Waals surface area contributed by atoms with Crippen molar-refractivity contribution in [3.05, 3.63) is 82.0 Å². The zero-order valence-electron chi connectivity index (χ0n) is 17.4. The lowest BCUT2D eigenvalue weighted by Gasteiger charge is -2.28. The van der Waals surface area contributed by atoms with Gasteiger partial charge >= 0.3 is 12.1 Å². The number of ether oxygens (including phenoxy) is 1. The first-order valence-corrected chi connectivity index (χ1v) is 10.4. The zero-order valence-corrected chi connectivity index (χ0v) is 19.0. The van der Waals surface area contributed by atoms with Crippen molar-refractivity contribution in [2.75, 3.05) is 4.90 Å². The van der Waals surface area contributed by atoms with Gasteiger partial charge in [0.05, 0.1) is 11.3 Å². The summed E-state index contributed by atoms with van der Waals surface area (Å²) in [6, 6.07) is 11.8. The highest BCUT2D eigenvalue weighted by molar-refractivity contribution is 9.10. The second-order valence-electron chi connectivity index (χ2n) is 7.22. The molecule has 3 rings (SSSR count). The number of carbonyl (C=O) groups is 2. The van der Waals surface area contributed by atoms with Crippen molar-refractivity contribution in [3.63, 3.8) is 0 Å². The first-order valence-electron chi connectivity index (χ1n) is 9.65. The third-order valence-corrected chi connectivity index (χ3v) is 5.10. The van der Waals surface area contributed by atoms with Crippen molar-refractivity contribution >= 4 is 33.5 Å². The summed E-state index contributed by atoms with van der Waals surface area (Å²) in [5.74, 6) is -2.68. The molecule has 6 nitrogen and oxygen atoms in total. The number of carboxylic acid groups (broad SMARTS) is 1. The topological polar surface area (TPSA) is 79.7 Å². The summed E-state index contributed by atoms with van der Waals surface area (Å²) in [6.45, 7) is 3.44. The number of aromatic nitrogens is 1. The smallest absolute Gasteiger partial charge is 0.421 e.